The van der Waals surface area contributed by atoms with Crippen LogP contribution in [-0.2, 0) is 0 Å². The third-order valence-electron chi connectivity index (χ3n) is 4.20. The standard InChI is InChI=1S/C21H17ClN2O/c22-19-8-2-1-7-18(19)20-10-9-17(25-20)13-15-5-4-12-24-21(15)16-6-3-11-23-14-16/h1-3,6-11,13-14H,4-5,12H2/b15-13-. The molecule has 0 saturated heterocycles. The summed E-state index contributed by atoms with van der Waals surface area (Å²) in [6, 6.07) is 15.6. The van der Waals surface area contributed by atoms with Crippen LogP contribution in [0.1, 0.15) is 24.2 Å². The Bertz CT molecular complexity index is 941. The van der Waals surface area contributed by atoms with Gasteiger partial charge in [-0.15, -0.1) is 0 Å². The topological polar surface area (TPSA) is 38.4 Å². The number of pyridine rings is 1. The molecule has 0 aliphatic carbocycles. The quantitative estimate of drug-likeness (QED) is 0.612. The van der Waals surface area contributed by atoms with Gasteiger partial charge in [0.25, 0.3) is 0 Å². The first-order valence-corrected chi connectivity index (χ1v) is 8.69. The zero-order valence-corrected chi connectivity index (χ0v) is 14.4. The Balaban J connectivity index is 1.67. The summed E-state index contributed by atoms with van der Waals surface area (Å²) in [5, 5.41) is 0.686. The number of hydrogen-bond donors (Lipinski definition) is 0. The van der Waals surface area contributed by atoms with Gasteiger partial charge in [-0.05, 0) is 60.9 Å². The summed E-state index contributed by atoms with van der Waals surface area (Å²) in [5.41, 5.74) is 4.14. The summed E-state index contributed by atoms with van der Waals surface area (Å²) in [6.45, 7) is 0.852. The van der Waals surface area contributed by atoms with E-state index in [1.807, 2.05) is 54.7 Å². The molecule has 25 heavy (non-hydrogen) atoms. The minimum Gasteiger partial charge on any atom is -0.457 e. The maximum absolute atomic E-state index is 6.26. The number of hydrogen-bond acceptors (Lipinski definition) is 3. The molecule has 0 atom stereocenters. The molecule has 1 aliphatic heterocycles. The third-order valence-corrected chi connectivity index (χ3v) is 4.53. The van der Waals surface area contributed by atoms with Gasteiger partial charge in [0, 0.05) is 30.1 Å². The molecule has 0 unspecified atom stereocenters. The van der Waals surface area contributed by atoms with E-state index >= 15 is 0 Å². The van der Waals surface area contributed by atoms with Crippen LogP contribution >= 0.6 is 11.6 Å². The fourth-order valence-electron chi connectivity index (χ4n) is 3.01. The molecule has 0 spiro atoms. The molecule has 3 nitrogen and oxygen atoms in total. The number of aliphatic imine (C=N–C) groups is 1. The van der Waals surface area contributed by atoms with Crippen LogP contribution in [0.4, 0.5) is 0 Å². The van der Waals surface area contributed by atoms with Gasteiger partial charge >= 0.3 is 0 Å². The van der Waals surface area contributed by atoms with Crippen molar-refractivity contribution in [2.45, 2.75) is 12.8 Å². The Morgan fingerprint density at radius 1 is 1.04 bits per heavy atom. The molecule has 0 N–H and O–H groups in total. The normalized spacial score (nSPS) is 16.0. The van der Waals surface area contributed by atoms with Crippen LogP contribution in [0.25, 0.3) is 17.4 Å². The van der Waals surface area contributed by atoms with Crippen molar-refractivity contribution in [1.82, 2.24) is 4.98 Å². The van der Waals surface area contributed by atoms with Crippen LogP contribution in [0.2, 0.25) is 5.02 Å². The molecular formula is C21H17ClN2O. The van der Waals surface area contributed by atoms with Gasteiger partial charge in [-0.2, -0.15) is 0 Å². The van der Waals surface area contributed by atoms with E-state index in [9.17, 15) is 0 Å². The average Bonchev–Trinajstić information content (AvgIpc) is 3.11. The summed E-state index contributed by atoms with van der Waals surface area (Å²) in [7, 11) is 0. The van der Waals surface area contributed by atoms with Gasteiger partial charge < -0.3 is 4.42 Å². The molecule has 0 fully saturated rings. The Hall–Kier alpha value is -2.65. The molecule has 3 heterocycles. The minimum absolute atomic E-state index is 0.686. The van der Waals surface area contributed by atoms with Crippen molar-refractivity contribution in [2.24, 2.45) is 4.99 Å². The van der Waals surface area contributed by atoms with Crippen molar-refractivity contribution in [2.75, 3.05) is 6.54 Å². The van der Waals surface area contributed by atoms with Gasteiger partial charge in [0.15, 0.2) is 0 Å². The van der Waals surface area contributed by atoms with Crippen LogP contribution in [-0.4, -0.2) is 17.2 Å². The lowest BCUT2D eigenvalue weighted by Gasteiger charge is -2.15. The highest BCUT2D eigenvalue weighted by Crippen LogP contribution is 2.30. The lowest BCUT2D eigenvalue weighted by atomic mass is 9.96. The molecule has 4 rings (SSSR count). The number of aromatic nitrogens is 1. The monoisotopic (exact) mass is 348 g/mol. The Kier molecular flexibility index (Phi) is 4.49. The molecule has 4 heteroatoms. The first kappa shape index (κ1) is 15.9. The second-order valence-corrected chi connectivity index (χ2v) is 6.33. The zero-order chi connectivity index (χ0) is 17.1. The highest BCUT2D eigenvalue weighted by Gasteiger charge is 2.15. The Morgan fingerprint density at radius 2 is 1.96 bits per heavy atom. The molecule has 0 saturated carbocycles. The number of rotatable bonds is 3. The van der Waals surface area contributed by atoms with E-state index in [2.05, 4.69) is 11.1 Å². The van der Waals surface area contributed by atoms with Crippen LogP contribution < -0.4 is 0 Å². The number of benzene rings is 1. The predicted octanol–water partition coefficient (Wildman–Crippen LogP) is 5.66. The van der Waals surface area contributed by atoms with Gasteiger partial charge in [0.05, 0.1) is 10.7 Å². The summed E-state index contributed by atoms with van der Waals surface area (Å²) in [5.74, 6) is 1.58. The van der Waals surface area contributed by atoms with Crippen LogP contribution in [0.15, 0.2) is 75.9 Å². The molecule has 3 aromatic rings. The van der Waals surface area contributed by atoms with Crippen LogP contribution in [0.5, 0.6) is 0 Å². The Morgan fingerprint density at radius 3 is 2.80 bits per heavy atom. The minimum atomic E-state index is 0.686. The highest BCUT2D eigenvalue weighted by molar-refractivity contribution is 6.33. The number of halogens is 1. The zero-order valence-electron chi connectivity index (χ0n) is 13.7. The second-order valence-electron chi connectivity index (χ2n) is 5.93. The van der Waals surface area contributed by atoms with E-state index in [0.29, 0.717) is 5.02 Å². The molecular weight excluding hydrogens is 332 g/mol. The van der Waals surface area contributed by atoms with Gasteiger partial charge in [-0.25, -0.2) is 0 Å². The van der Waals surface area contributed by atoms with Gasteiger partial charge in [-0.1, -0.05) is 23.7 Å². The van der Waals surface area contributed by atoms with Crippen molar-refractivity contribution in [3.8, 4) is 11.3 Å². The van der Waals surface area contributed by atoms with E-state index in [0.717, 1.165) is 47.7 Å². The number of allylic oxidation sites excluding steroid dienone is 1. The van der Waals surface area contributed by atoms with Crippen LogP contribution in [0, 0.1) is 0 Å². The third kappa shape index (κ3) is 3.42. The van der Waals surface area contributed by atoms with E-state index < -0.39 is 0 Å². The first-order chi connectivity index (χ1) is 12.3. The van der Waals surface area contributed by atoms with Crippen molar-refractivity contribution in [3.63, 3.8) is 0 Å². The summed E-state index contributed by atoms with van der Waals surface area (Å²) >= 11 is 6.26. The first-order valence-electron chi connectivity index (χ1n) is 8.32. The van der Waals surface area contributed by atoms with Crippen molar-refractivity contribution in [3.05, 3.63) is 82.8 Å². The lowest BCUT2D eigenvalue weighted by Crippen LogP contribution is -2.11. The number of nitrogens with zero attached hydrogens (tertiary/aromatic N) is 2. The molecule has 0 radical (unpaired) electrons. The number of furan rings is 1. The summed E-state index contributed by atoms with van der Waals surface area (Å²) in [6.07, 6.45) is 7.74. The smallest absolute Gasteiger partial charge is 0.136 e. The molecule has 2 aromatic heterocycles. The molecule has 1 aliphatic rings. The van der Waals surface area contributed by atoms with Crippen molar-refractivity contribution in [1.29, 1.82) is 0 Å². The molecule has 0 bridgehead atoms. The van der Waals surface area contributed by atoms with Crippen molar-refractivity contribution < 1.29 is 4.42 Å². The predicted molar refractivity (Wildman–Crippen MR) is 102 cm³/mol. The highest BCUT2D eigenvalue weighted by atomic mass is 35.5. The second kappa shape index (κ2) is 7.08. The maximum atomic E-state index is 6.26. The lowest BCUT2D eigenvalue weighted by molar-refractivity contribution is 0.571. The van der Waals surface area contributed by atoms with Gasteiger partial charge in [0.1, 0.15) is 11.5 Å². The summed E-state index contributed by atoms with van der Waals surface area (Å²) < 4.78 is 6.01. The largest absolute Gasteiger partial charge is 0.457 e. The maximum Gasteiger partial charge on any atom is 0.136 e. The van der Waals surface area contributed by atoms with Crippen LogP contribution in [0.3, 0.4) is 0 Å². The van der Waals surface area contributed by atoms with E-state index in [4.69, 9.17) is 21.0 Å². The van der Waals surface area contributed by atoms with E-state index in [1.165, 1.54) is 5.57 Å². The summed E-state index contributed by atoms with van der Waals surface area (Å²) in [4.78, 5) is 8.91. The fourth-order valence-corrected chi connectivity index (χ4v) is 3.24. The molecule has 124 valence electrons. The van der Waals surface area contributed by atoms with E-state index in [-0.39, 0.29) is 0 Å². The van der Waals surface area contributed by atoms with Gasteiger partial charge in [-0.3, -0.25) is 9.98 Å². The molecule has 0 amide bonds. The fraction of sp³-hybridized carbons (Fsp3) is 0.143. The Labute approximate surface area is 151 Å². The van der Waals surface area contributed by atoms with Gasteiger partial charge in [0.2, 0.25) is 0 Å². The average molecular weight is 349 g/mol. The SMILES string of the molecule is Clc1ccccc1-c1ccc(/C=C2/CCCN=C2c2cccnc2)o1. The van der Waals surface area contributed by atoms with E-state index in [1.54, 1.807) is 6.20 Å². The molecule has 1 aromatic carbocycles. The van der Waals surface area contributed by atoms with Crippen molar-refractivity contribution >= 4 is 23.4 Å².